The van der Waals surface area contributed by atoms with Crippen molar-refractivity contribution >= 4 is 17.2 Å². The molecule has 0 atom stereocenters. The topological polar surface area (TPSA) is 49.3 Å². The van der Waals surface area contributed by atoms with Gasteiger partial charge in [-0.15, -0.1) is 11.3 Å². The van der Waals surface area contributed by atoms with Gasteiger partial charge < -0.3 is 10.4 Å². The molecular weight excluding hydrogens is 234 g/mol. The minimum Gasteiger partial charge on any atom is -0.396 e. The Labute approximate surface area is 106 Å². The van der Waals surface area contributed by atoms with Gasteiger partial charge in [-0.1, -0.05) is 0 Å². The molecule has 0 saturated carbocycles. The third kappa shape index (κ3) is 3.30. The van der Waals surface area contributed by atoms with E-state index in [4.69, 9.17) is 5.11 Å². The largest absolute Gasteiger partial charge is 0.396 e. The van der Waals surface area contributed by atoms with E-state index < -0.39 is 0 Å². The summed E-state index contributed by atoms with van der Waals surface area (Å²) in [6.45, 7) is 0.852. The van der Waals surface area contributed by atoms with Gasteiger partial charge in [0.1, 0.15) is 0 Å². The van der Waals surface area contributed by atoms with Gasteiger partial charge in [0, 0.05) is 18.0 Å². The highest BCUT2D eigenvalue weighted by atomic mass is 32.1. The fourth-order valence-corrected chi connectivity index (χ4v) is 3.30. The van der Waals surface area contributed by atoms with Crippen LogP contribution in [0.2, 0.25) is 0 Å². The Balaban J connectivity index is 1.88. The van der Waals surface area contributed by atoms with Gasteiger partial charge in [0.2, 0.25) is 0 Å². The smallest absolute Gasteiger partial charge is 0.261 e. The normalized spacial score (nSPS) is 14.4. The van der Waals surface area contributed by atoms with Crippen molar-refractivity contribution in [1.82, 2.24) is 5.32 Å². The second-order valence-electron chi connectivity index (χ2n) is 4.45. The first-order chi connectivity index (χ1) is 8.31. The van der Waals surface area contributed by atoms with Crippen LogP contribution < -0.4 is 5.32 Å². The molecule has 0 aromatic carbocycles. The van der Waals surface area contributed by atoms with E-state index >= 15 is 0 Å². The monoisotopic (exact) mass is 253 g/mol. The number of aliphatic hydroxyl groups is 1. The number of hydrogen-bond donors (Lipinski definition) is 2. The van der Waals surface area contributed by atoms with Crippen LogP contribution in [-0.4, -0.2) is 24.2 Å². The molecule has 0 saturated heterocycles. The Morgan fingerprint density at radius 2 is 2.18 bits per heavy atom. The van der Waals surface area contributed by atoms with E-state index in [-0.39, 0.29) is 12.5 Å². The van der Waals surface area contributed by atoms with Crippen LogP contribution in [0.3, 0.4) is 0 Å². The average molecular weight is 253 g/mol. The highest BCUT2D eigenvalue weighted by Gasteiger charge is 2.16. The number of unbranched alkanes of at least 4 members (excludes halogenated alkanes) is 1. The first kappa shape index (κ1) is 12.6. The summed E-state index contributed by atoms with van der Waals surface area (Å²) in [5, 5.41) is 11.6. The van der Waals surface area contributed by atoms with Crippen LogP contribution in [0.4, 0.5) is 0 Å². The molecule has 1 aliphatic rings. The molecule has 1 heterocycles. The predicted octanol–water partition coefficient (Wildman–Crippen LogP) is 2.13. The van der Waals surface area contributed by atoms with Gasteiger partial charge in [0.05, 0.1) is 4.88 Å². The standard InChI is InChI=1S/C13H19NO2S/c15-8-4-3-7-14-13(16)12-9-10-5-1-2-6-11(10)17-12/h9,15H,1-8H2,(H,14,16). The number of hydrogen-bond acceptors (Lipinski definition) is 3. The second-order valence-corrected chi connectivity index (χ2v) is 5.59. The van der Waals surface area contributed by atoms with Crippen molar-refractivity contribution in [1.29, 1.82) is 0 Å². The van der Waals surface area contributed by atoms with Crippen molar-refractivity contribution < 1.29 is 9.90 Å². The SMILES string of the molecule is O=C(NCCCCO)c1cc2c(s1)CCCC2. The summed E-state index contributed by atoms with van der Waals surface area (Å²) < 4.78 is 0. The quantitative estimate of drug-likeness (QED) is 0.790. The fourth-order valence-electron chi connectivity index (χ4n) is 2.13. The molecule has 94 valence electrons. The molecule has 0 aliphatic heterocycles. The van der Waals surface area contributed by atoms with Gasteiger partial charge in [-0.3, -0.25) is 4.79 Å². The zero-order chi connectivity index (χ0) is 12.1. The summed E-state index contributed by atoms with van der Waals surface area (Å²) in [5.74, 6) is 0.0438. The Hall–Kier alpha value is -0.870. The number of nitrogens with one attached hydrogen (secondary N) is 1. The van der Waals surface area contributed by atoms with E-state index in [1.54, 1.807) is 11.3 Å². The van der Waals surface area contributed by atoms with Crippen LogP contribution in [0.5, 0.6) is 0 Å². The molecule has 0 spiro atoms. The lowest BCUT2D eigenvalue weighted by Gasteiger charge is -2.08. The molecule has 17 heavy (non-hydrogen) atoms. The third-order valence-corrected chi connectivity index (χ3v) is 4.33. The number of carbonyl (C=O) groups is 1. The van der Waals surface area contributed by atoms with Gasteiger partial charge >= 0.3 is 0 Å². The van der Waals surface area contributed by atoms with Gasteiger partial charge in [-0.2, -0.15) is 0 Å². The number of carbonyl (C=O) groups excluding carboxylic acids is 1. The first-order valence-electron chi connectivity index (χ1n) is 6.32. The average Bonchev–Trinajstić information content (AvgIpc) is 2.78. The molecule has 0 fully saturated rings. The van der Waals surface area contributed by atoms with E-state index in [9.17, 15) is 4.79 Å². The predicted molar refractivity (Wildman–Crippen MR) is 69.6 cm³/mol. The molecule has 1 amide bonds. The number of aliphatic hydroxyl groups excluding tert-OH is 1. The van der Waals surface area contributed by atoms with Gasteiger partial charge in [-0.05, 0) is 50.2 Å². The highest BCUT2D eigenvalue weighted by molar-refractivity contribution is 7.14. The van der Waals surface area contributed by atoms with Gasteiger partial charge in [-0.25, -0.2) is 0 Å². The highest BCUT2D eigenvalue weighted by Crippen LogP contribution is 2.29. The van der Waals surface area contributed by atoms with Crippen molar-refractivity contribution in [2.75, 3.05) is 13.2 Å². The minimum absolute atomic E-state index is 0.0438. The molecule has 1 aromatic rings. The molecule has 1 aliphatic carbocycles. The number of thiophene rings is 1. The van der Waals surface area contributed by atoms with Crippen LogP contribution in [0.15, 0.2) is 6.07 Å². The van der Waals surface area contributed by atoms with Crippen molar-refractivity contribution in [3.05, 3.63) is 21.4 Å². The lowest BCUT2D eigenvalue weighted by Crippen LogP contribution is -2.23. The maximum absolute atomic E-state index is 11.9. The molecule has 0 unspecified atom stereocenters. The van der Waals surface area contributed by atoms with Crippen molar-refractivity contribution in [2.24, 2.45) is 0 Å². The first-order valence-corrected chi connectivity index (χ1v) is 7.13. The molecule has 0 bridgehead atoms. The van der Waals surface area contributed by atoms with E-state index in [1.807, 2.05) is 0 Å². The van der Waals surface area contributed by atoms with Crippen molar-refractivity contribution in [2.45, 2.75) is 38.5 Å². The maximum atomic E-state index is 11.9. The van der Waals surface area contributed by atoms with Crippen LogP contribution in [0.25, 0.3) is 0 Å². The van der Waals surface area contributed by atoms with Gasteiger partial charge in [0.25, 0.3) is 5.91 Å². The summed E-state index contributed by atoms with van der Waals surface area (Å²) >= 11 is 1.65. The van der Waals surface area contributed by atoms with Crippen molar-refractivity contribution in [3.8, 4) is 0 Å². The Morgan fingerprint density at radius 3 is 2.94 bits per heavy atom. The lowest BCUT2D eigenvalue weighted by molar-refractivity contribution is 0.0956. The zero-order valence-electron chi connectivity index (χ0n) is 10.00. The molecule has 1 aromatic heterocycles. The molecule has 4 heteroatoms. The molecule has 3 nitrogen and oxygen atoms in total. The minimum atomic E-state index is 0.0438. The van der Waals surface area contributed by atoms with E-state index in [1.165, 1.54) is 23.3 Å². The molecule has 2 rings (SSSR count). The van der Waals surface area contributed by atoms with Crippen LogP contribution in [0, 0.1) is 0 Å². The van der Waals surface area contributed by atoms with E-state index in [0.717, 1.165) is 30.6 Å². The summed E-state index contributed by atoms with van der Waals surface area (Å²) in [6.07, 6.45) is 6.36. The zero-order valence-corrected chi connectivity index (χ0v) is 10.8. The van der Waals surface area contributed by atoms with Gasteiger partial charge in [0.15, 0.2) is 0 Å². The van der Waals surface area contributed by atoms with E-state index in [2.05, 4.69) is 11.4 Å². The number of amides is 1. The maximum Gasteiger partial charge on any atom is 0.261 e. The summed E-state index contributed by atoms with van der Waals surface area (Å²) in [4.78, 5) is 14.1. The second kappa shape index (κ2) is 6.17. The van der Waals surface area contributed by atoms with E-state index in [0.29, 0.717) is 6.54 Å². The number of fused-ring (bicyclic) bond motifs is 1. The van der Waals surface area contributed by atoms with Crippen LogP contribution in [0.1, 0.15) is 45.8 Å². The van der Waals surface area contributed by atoms with Crippen LogP contribution >= 0.6 is 11.3 Å². The van der Waals surface area contributed by atoms with Crippen LogP contribution in [-0.2, 0) is 12.8 Å². The fraction of sp³-hybridized carbons (Fsp3) is 0.615. The summed E-state index contributed by atoms with van der Waals surface area (Å²) in [5.41, 5.74) is 1.38. The Kier molecular flexibility index (Phi) is 4.57. The number of aryl methyl sites for hydroxylation is 2. The molecule has 2 N–H and O–H groups in total. The summed E-state index contributed by atoms with van der Waals surface area (Å²) in [6, 6.07) is 2.06. The van der Waals surface area contributed by atoms with Crippen molar-refractivity contribution in [3.63, 3.8) is 0 Å². The molecule has 0 radical (unpaired) electrons. The Bertz CT molecular complexity index is 363. The lowest BCUT2D eigenvalue weighted by atomic mass is 9.99. The summed E-state index contributed by atoms with van der Waals surface area (Å²) in [7, 11) is 0. The third-order valence-electron chi connectivity index (χ3n) is 3.09. The Morgan fingerprint density at radius 1 is 1.35 bits per heavy atom. The molecular formula is C13H19NO2S. The number of rotatable bonds is 5.